The number of nitrogens with zero attached hydrogens (tertiary/aromatic N) is 3. The fraction of sp³-hybridized carbons (Fsp3) is 0.692. The highest BCUT2D eigenvalue weighted by molar-refractivity contribution is 9.10. The molecule has 1 atom stereocenters. The molecule has 0 saturated carbocycles. The molecule has 1 aromatic rings. The van der Waals surface area contributed by atoms with E-state index in [1.165, 1.54) is 19.3 Å². The van der Waals surface area contributed by atoms with E-state index in [9.17, 15) is 0 Å². The normalized spacial score (nSPS) is 19.9. The SMILES string of the molecule is CCCc1nc(Br)cc(N2CCCC2CC)n1. The van der Waals surface area contributed by atoms with Crippen molar-refractivity contribution in [3.05, 3.63) is 16.5 Å². The first-order chi connectivity index (χ1) is 8.24. The molecule has 0 N–H and O–H groups in total. The van der Waals surface area contributed by atoms with E-state index in [2.05, 4.69) is 44.6 Å². The van der Waals surface area contributed by atoms with E-state index in [0.717, 1.165) is 35.6 Å². The lowest BCUT2D eigenvalue weighted by Gasteiger charge is -2.25. The number of halogens is 1. The Kier molecular flexibility index (Phi) is 4.37. The molecule has 2 rings (SSSR count). The van der Waals surface area contributed by atoms with E-state index >= 15 is 0 Å². The fourth-order valence-corrected chi connectivity index (χ4v) is 2.91. The summed E-state index contributed by atoms with van der Waals surface area (Å²) < 4.78 is 0.910. The molecule has 0 aliphatic carbocycles. The number of hydrogen-bond donors (Lipinski definition) is 0. The Morgan fingerprint density at radius 3 is 2.94 bits per heavy atom. The van der Waals surface area contributed by atoms with Gasteiger partial charge in [-0.25, -0.2) is 9.97 Å². The summed E-state index contributed by atoms with van der Waals surface area (Å²) in [6.45, 7) is 5.55. The average Bonchev–Trinajstić information content (AvgIpc) is 2.76. The van der Waals surface area contributed by atoms with Crippen LogP contribution in [0.5, 0.6) is 0 Å². The second-order valence-electron chi connectivity index (χ2n) is 4.61. The van der Waals surface area contributed by atoms with Crippen LogP contribution in [0, 0.1) is 0 Å². The first kappa shape index (κ1) is 12.8. The second kappa shape index (κ2) is 5.80. The molecule has 4 heteroatoms. The number of aromatic nitrogens is 2. The third-order valence-corrected chi connectivity index (χ3v) is 3.75. The van der Waals surface area contributed by atoms with Crippen LogP contribution in [-0.4, -0.2) is 22.6 Å². The molecule has 0 aromatic carbocycles. The van der Waals surface area contributed by atoms with Crippen molar-refractivity contribution in [2.24, 2.45) is 0 Å². The van der Waals surface area contributed by atoms with Crippen LogP contribution in [0.2, 0.25) is 0 Å². The molecular weight excluding hydrogens is 278 g/mol. The van der Waals surface area contributed by atoms with Crippen LogP contribution in [0.1, 0.15) is 45.4 Å². The van der Waals surface area contributed by atoms with Crippen molar-refractivity contribution < 1.29 is 0 Å². The lowest BCUT2D eigenvalue weighted by molar-refractivity contribution is 0.637. The van der Waals surface area contributed by atoms with E-state index < -0.39 is 0 Å². The summed E-state index contributed by atoms with van der Waals surface area (Å²) in [5.74, 6) is 2.05. The molecule has 1 unspecified atom stereocenters. The van der Waals surface area contributed by atoms with Crippen molar-refractivity contribution in [3.63, 3.8) is 0 Å². The van der Waals surface area contributed by atoms with Crippen LogP contribution in [0.4, 0.5) is 5.82 Å². The molecule has 1 aliphatic rings. The van der Waals surface area contributed by atoms with Crippen molar-refractivity contribution >= 4 is 21.7 Å². The third kappa shape index (κ3) is 2.97. The topological polar surface area (TPSA) is 29.0 Å². The van der Waals surface area contributed by atoms with Gasteiger partial charge in [0.05, 0.1) is 0 Å². The van der Waals surface area contributed by atoms with Crippen LogP contribution in [0.25, 0.3) is 0 Å². The Hall–Kier alpha value is -0.640. The molecular formula is C13H20BrN3. The minimum atomic E-state index is 0.659. The van der Waals surface area contributed by atoms with Gasteiger partial charge in [0, 0.05) is 25.1 Å². The number of aryl methyl sites for hydroxylation is 1. The molecule has 2 heterocycles. The molecule has 1 aliphatic heterocycles. The first-order valence-electron chi connectivity index (χ1n) is 6.54. The van der Waals surface area contributed by atoms with Gasteiger partial charge in [0.25, 0.3) is 0 Å². The van der Waals surface area contributed by atoms with Crippen LogP contribution >= 0.6 is 15.9 Å². The molecule has 1 fully saturated rings. The Morgan fingerprint density at radius 1 is 1.41 bits per heavy atom. The molecule has 1 saturated heterocycles. The molecule has 17 heavy (non-hydrogen) atoms. The first-order valence-corrected chi connectivity index (χ1v) is 7.34. The summed E-state index contributed by atoms with van der Waals surface area (Å²) in [4.78, 5) is 11.5. The highest BCUT2D eigenvalue weighted by Crippen LogP contribution is 2.27. The summed E-state index contributed by atoms with van der Waals surface area (Å²) >= 11 is 3.49. The highest BCUT2D eigenvalue weighted by atomic mass is 79.9. The predicted octanol–water partition coefficient (Wildman–Crippen LogP) is 3.57. The van der Waals surface area contributed by atoms with Gasteiger partial charge < -0.3 is 4.90 Å². The molecule has 0 bridgehead atoms. The smallest absolute Gasteiger partial charge is 0.133 e. The number of anilines is 1. The minimum absolute atomic E-state index is 0.659. The van der Waals surface area contributed by atoms with Crippen molar-refractivity contribution in [3.8, 4) is 0 Å². The zero-order valence-electron chi connectivity index (χ0n) is 10.6. The van der Waals surface area contributed by atoms with Crippen molar-refractivity contribution in [2.75, 3.05) is 11.4 Å². The summed E-state index contributed by atoms with van der Waals surface area (Å²) in [6, 6.07) is 2.71. The third-order valence-electron chi connectivity index (χ3n) is 3.34. The van der Waals surface area contributed by atoms with Gasteiger partial charge in [-0.05, 0) is 41.6 Å². The van der Waals surface area contributed by atoms with Gasteiger partial charge >= 0.3 is 0 Å². The summed E-state index contributed by atoms with van der Waals surface area (Å²) in [5.41, 5.74) is 0. The maximum atomic E-state index is 4.69. The zero-order valence-corrected chi connectivity index (χ0v) is 12.2. The van der Waals surface area contributed by atoms with Gasteiger partial charge in [0.2, 0.25) is 0 Å². The Labute approximate surface area is 112 Å². The summed E-state index contributed by atoms with van der Waals surface area (Å²) in [7, 11) is 0. The van der Waals surface area contributed by atoms with E-state index in [1.54, 1.807) is 0 Å². The molecule has 0 amide bonds. The molecule has 0 radical (unpaired) electrons. The molecule has 0 spiro atoms. The highest BCUT2D eigenvalue weighted by Gasteiger charge is 2.24. The van der Waals surface area contributed by atoms with Gasteiger partial charge in [0.15, 0.2) is 0 Å². The van der Waals surface area contributed by atoms with E-state index in [4.69, 9.17) is 0 Å². The van der Waals surface area contributed by atoms with E-state index in [0.29, 0.717) is 6.04 Å². The Morgan fingerprint density at radius 2 is 2.24 bits per heavy atom. The lowest BCUT2D eigenvalue weighted by atomic mass is 10.2. The maximum Gasteiger partial charge on any atom is 0.133 e. The van der Waals surface area contributed by atoms with Gasteiger partial charge in [0.1, 0.15) is 16.2 Å². The predicted molar refractivity (Wildman–Crippen MR) is 74.4 cm³/mol. The molecule has 1 aromatic heterocycles. The van der Waals surface area contributed by atoms with Crippen LogP contribution in [0.15, 0.2) is 10.7 Å². The van der Waals surface area contributed by atoms with Crippen molar-refractivity contribution in [2.45, 2.75) is 52.0 Å². The second-order valence-corrected chi connectivity index (χ2v) is 5.43. The van der Waals surface area contributed by atoms with Gasteiger partial charge in [-0.3, -0.25) is 0 Å². The Bertz CT molecular complexity index is 381. The number of rotatable bonds is 4. The van der Waals surface area contributed by atoms with Crippen molar-refractivity contribution in [1.82, 2.24) is 9.97 Å². The van der Waals surface area contributed by atoms with Crippen LogP contribution in [0.3, 0.4) is 0 Å². The average molecular weight is 298 g/mol. The molecule has 94 valence electrons. The van der Waals surface area contributed by atoms with E-state index in [1.807, 2.05) is 6.07 Å². The van der Waals surface area contributed by atoms with E-state index in [-0.39, 0.29) is 0 Å². The van der Waals surface area contributed by atoms with Crippen molar-refractivity contribution in [1.29, 1.82) is 0 Å². The summed E-state index contributed by atoms with van der Waals surface area (Å²) in [5, 5.41) is 0. The largest absolute Gasteiger partial charge is 0.354 e. The van der Waals surface area contributed by atoms with Gasteiger partial charge in [-0.2, -0.15) is 0 Å². The van der Waals surface area contributed by atoms with Gasteiger partial charge in [-0.15, -0.1) is 0 Å². The standard InChI is InChI=1S/C13H20BrN3/c1-3-6-12-15-11(14)9-13(16-12)17-8-5-7-10(17)4-2/h9-10H,3-8H2,1-2H3. The maximum absolute atomic E-state index is 4.69. The summed E-state index contributed by atoms with van der Waals surface area (Å²) in [6.07, 6.45) is 5.82. The molecule has 3 nitrogen and oxygen atoms in total. The van der Waals surface area contributed by atoms with Gasteiger partial charge in [-0.1, -0.05) is 13.8 Å². The Balaban J connectivity index is 2.24. The van der Waals surface area contributed by atoms with Crippen LogP contribution in [-0.2, 0) is 6.42 Å². The number of hydrogen-bond acceptors (Lipinski definition) is 3. The quantitative estimate of drug-likeness (QED) is 0.796. The monoisotopic (exact) mass is 297 g/mol. The minimum Gasteiger partial charge on any atom is -0.354 e. The fourth-order valence-electron chi connectivity index (χ4n) is 2.50. The zero-order chi connectivity index (χ0) is 12.3. The van der Waals surface area contributed by atoms with Crippen LogP contribution < -0.4 is 4.90 Å². The lowest BCUT2D eigenvalue weighted by Crippen LogP contribution is -2.29.